The molecule has 0 radical (unpaired) electrons. The van der Waals surface area contributed by atoms with Crippen LogP contribution < -0.4 is 5.32 Å². The van der Waals surface area contributed by atoms with E-state index in [2.05, 4.69) is 42.7 Å². The summed E-state index contributed by atoms with van der Waals surface area (Å²) in [7, 11) is 0. The molecule has 1 spiro atoms. The Morgan fingerprint density at radius 3 is 2.55 bits per heavy atom. The van der Waals surface area contributed by atoms with Crippen molar-refractivity contribution in [1.29, 1.82) is 0 Å². The quantitative estimate of drug-likeness (QED) is 0.629. The van der Waals surface area contributed by atoms with Gasteiger partial charge in [0, 0.05) is 5.69 Å². The number of nitrogens with one attached hydrogen (secondary N) is 1. The first-order chi connectivity index (χ1) is 14.0. The number of hydrogen-bond acceptors (Lipinski definition) is 5. The summed E-state index contributed by atoms with van der Waals surface area (Å²) in [6.45, 7) is 4.33. The van der Waals surface area contributed by atoms with Gasteiger partial charge >= 0.3 is 0 Å². The largest absolute Gasteiger partial charge is 0.325 e. The van der Waals surface area contributed by atoms with Crippen LogP contribution in [0.3, 0.4) is 0 Å². The molecule has 2 aromatic rings. The SMILES string of the molecule is CC(C)c1ccc(NC(=O)CSC2=NC3(CCCCC3)N=C2c2cccs2)cc1. The Balaban J connectivity index is 1.42. The number of nitrogens with zero attached hydrogens (tertiary/aromatic N) is 2. The topological polar surface area (TPSA) is 53.8 Å². The summed E-state index contributed by atoms with van der Waals surface area (Å²) < 4.78 is 0. The first-order valence-electron chi connectivity index (χ1n) is 10.3. The number of amides is 1. The number of carbonyl (C=O) groups is 1. The van der Waals surface area contributed by atoms with Crippen molar-refractivity contribution in [3.8, 4) is 0 Å². The molecule has 1 aliphatic carbocycles. The Kier molecular flexibility index (Phi) is 6.20. The van der Waals surface area contributed by atoms with Gasteiger partial charge in [-0.25, -0.2) is 4.99 Å². The normalized spacial score (nSPS) is 18.0. The van der Waals surface area contributed by atoms with Gasteiger partial charge < -0.3 is 5.32 Å². The van der Waals surface area contributed by atoms with Gasteiger partial charge in [0.15, 0.2) is 5.66 Å². The predicted octanol–water partition coefficient (Wildman–Crippen LogP) is 6.11. The van der Waals surface area contributed by atoms with E-state index in [1.807, 2.05) is 18.2 Å². The zero-order valence-electron chi connectivity index (χ0n) is 17.0. The Bertz CT molecular complexity index is 908. The summed E-state index contributed by atoms with van der Waals surface area (Å²) in [5.74, 6) is 0.813. The summed E-state index contributed by atoms with van der Waals surface area (Å²) in [5, 5.41) is 5.99. The maximum Gasteiger partial charge on any atom is 0.234 e. The second kappa shape index (κ2) is 8.84. The van der Waals surface area contributed by atoms with Gasteiger partial charge in [-0.05, 0) is 60.7 Å². The number of hydrogen-bond donors (Lipinski definition) is 1. The molecule has 0 unspecified atom stereocenters. The number of aliphatic imine (C=N–C) groups is 2. The molecule has 4 nitrogen and oxygen atoms in total. The molecule has 2 aliphatic rings. The zero-order valence-corrected chi connectivity index (χ0v) is 18.6. The van der Waals surface area contributed by atoms with E-state index < -0.39 is 0 Å². The summed E-state index contributed by atoms with van der Waals surface area (Å²) >= 11 is 3.19. The molecule has 0 bridgehead atoms. The smallest absolute Gasteiger partial charge is 0.234 e. The highest BCUT2D eigenvalue weighted by Crippen LogP contribution is 2.39. The highest BCUT2D eigenvalue weighted by atomic mass is 32.2. The van der Waals surface area contributed by atoms with Crippen molar-refractivity contribution in [3.05, 3.63) is 52.2 Å². The number of thioether (sulfide) groups is 1. The van der Waals surface area contributed by atoms with Crippen LogP contribution in [-0.4, -0.2) is 28.1 Å². The van der Waals surface area contributed by atoms with Gasteiger partial charge in [-0.15, -0.1) is 11.3 Å². The van der Waals surface area contributed by atoms with Gasteiger partial charge in [0.1, 0.15) is 10.8 Å². The first-order valence-corrected chi connectivity index (χ1v) is 12.2. The lowest BCUT2D eigenvalue weighted by molar-refractivity contribution is -0.113. The van der Waals surface area contributed by atoms with Crippen LogP contribution in [0.4, 0.5) is 5.69 Å². The van der Waals surface area contributed by atoms with Gasteiger partial charge in [0.05, 0.1) is 10.6 Å². The van der Waals surface area contributed by atoms with E-state index in [1.165, 1.54) is 36.6 Å². The summed E-state index contributed by atoms with van der Waals surface area (Å²) in [6, 6.07) is 12.2. The molecule has 1 aliphatic heterocycles. The van der Waals surface area contributed by atoms with Crippen molar-refractivity contribution >= 4 is 45.4 Å². The Morgan fingerprint density at radius 2 is 1.90 bits per heavy atom. The molecule has 0 atom stereocenters. The van der Waals surface area contributed by atoms with Crippen molar-refractivity contribution in [3.63, 3.8) is 0 Å². The molecule has 4 rings (SSSR count). The lowest BCUT2D eigenvalue weighted by atomic mass is 9.90. The van der Waals surface area contributed by atoms with Crippen LogP contribution in [0.1, 0.15) is 62.3 Å². The summed E-state index contributed by atoms with van der Waals surface area (Å²) in [6.07, 6.45) is 5.65. The lowest BCUT2D eigenvalue weighted by Gasteiger charge is -2.27. The molecule has 1 amide bonds. The molecule has 2 heterocycles. The number of anilines is 1. The van der Waals surface area contributed by atoms with Gasteiger partial charge in [-0.1, -0.05) is 50.2 Å². The maximum atomic E-state index is 12.5. The van der Waals surface area contributed by atoms with Crippen molar-refractivity contribution in [2.24, 2.45) is 9.98 Å². The molecule has 0 saturated heterocycles. The summed E-state index contributed by atoms with van der Waals surface area (Å²) in [4.78, 5) is 23.8. The number of thiophene rings is 1. The van der Waals surface area contributed by atoms with E-state index in [-0.39, 0.29) is 11.6 Å². The Morgan fingerprint density at radius 1 is 1.14 bits per heavy atom. The van der Waals surface area contributed by atoms with E-state index in [0.717, 1.165) is 34.2 Å². The van der Waals surface area contributed by atoms with Crippen LogP contribution >= 0.6 is 23.1 Å². The van der Waals surface area contributed by atoms with Crippen molar-refractivity contribution in [2.75, 3.05) is 11.1 Å². The number of benzene rings is 1. The minimum atomic E-state index is -0.289. The van der Waals surface area contributed by atoms with Crippen molar-refractivity contribution < 1.29 is 4.79 Å². The number of carbonyl (C=O) groups excluding carboxylic acids is 1. The molecule has 1 fully saturated rings. The third kappa shape index (κ3) is 4.81. The average molecular weight is 426 g/mol. The Labute approximate surface area is 180 Å². The molecule has 1 N–H and O–H groups in total. The molecule has 29 heavy (non-hydrogen) atoms. The van der Waals surface area contributed by atoms with E-state index in [9.17, 15) is 4.79 Å². The van der Waals surface area contributed by atoms with E-state index in [1.54, 1.807) is 11.3 Å². The zero-order chi connectivity index (χ0) is 20.3. The van der Waals surface area contributed by atoms with Gasteiger partial charge in [-0.2, -0.15) is 0 Å². The van der Waals surface area contributed by atoms with Crippen LogP contribution in [0.15, 0.2) is 51.8 Å². The fraction of sp³-hybridized carbons (Fsp3) is 0.435. The van der Waals surface area contributed by atoms with E-state index in [4.69, 9.17) is 9.98 Å². The van der Waals surface area contributed by atoms with Crippen molar-refractivity contribution in [1.82, 2.24) is 0 Å². The molecule has 1 saturated carbocycles. The third-order valence-corrected chi connectivity index (χ3v) is 7.28. The average Bonchev–Trinajstić information content (AvgIpc) is 3.36. The van der Waals surface area contributed by atoms with Crippen LogP contribution in [0.5, 0.6) is 0 Å². The molecule has 6 heteroatoms. The van der Waals surface area contributed by atoms with Crippen molar-refractivity contribution in [2.45, 2.75) is 57.5 Å². The fourth-order valence-corrected chi connectivity index (χ4v) is 5.47. The minimum Gasteiger partial charge on any atom is -0.325 e. The van der Waals surface area contributed by atoms with Crippen LogP contribution in [0.25, 0.3) is 0 Å². The molecular formula is C23H27N3OS2. The first kappa shape index (κ1) is 20.4. The molecular weight excluding hydrogens is 398 g/mol. The Hall–Kier alpha value is -1.92. The number of rotatable bonds is 5. The van der Waals surface area contributed by atoms with Crippen LogP contribution in [-0.2, 0) is 4.79 Å². The fourth-order valence-electron chi connectivity index (χ4n) is 3.82. The predicted molar refractivity (Wildman–Crippen MR) is 126 cm³/mol. The van der Waals surface area contributed by atoms with Crippen LogP contribution in [0.2, 0.25) is 0 Å². The highest BCUT2D eigenvalue weighted by molar-refractivity contribution is 8.16. The van der Waals surface area contributed by atoms with Gasteiger partial charge in [0.25, 0.3) is 0 Å². The highest BCUT2D eigenvalue weighted by Gasteiger charge is 2.38. The molecule has 1 aromatic heterocycles. The standard InChI is InChI=1S/C23H27N3OS2/c1-16(2)17-8-10-18(11-9-17)24-20(27)15-29-22-21(19-7-6-14-28-19)25-23(26-22)12-4-3-5-13-23/h6-11,14,16H,3-5,12-13,15H2,1-2H3,(H,24,27). The third-order valence-electron chi connectivity index (χ3n) is 5.44. The maximum absolute atomic E-state index is 12.5. The monoisotopic (exact) mass is 425 g/mol. The van der Waals surface area contributed by atoms with Gasteiger partial charge in [-0.3, -0.25) is 9.79 Å². The lowest BCUT2D eigenvalue weighted by Crippen LogP contribution is -2.25. The van der Waals surface area contributed by atoms with E-state index in [0.29, 0.717) is 11.7 Å². The van der Waals surface area contributed by atoms with E-state index >= 15 is 0 Å². The molecule has 1 aromatic carbocycles. The second-order valence-electron chi connectivity index (χ2n) is 8.01. The minimum absolute atomic E-state index is 0.00915. The van der Waals surface area contributed by atoms with Gasteiger partial charge in [0.2, 0.25) is 5.91 Å². The summed E-state index contributed by atoms with van der Waals surface area (Å²) in [5.41, 5.74) is 2.79. The second-order valence-corrected chi connectivity index (χ2v) is 9.92. The van der Waals surface area contributed by atoms with Crippen LogP contribution in [0, 0.1) is 0 Å². The molecule has 152 valence electrons.